The van der Waals surface area contributed by atoms with Crippen LogP contribution in [0, 0.1) is 0 Å². The minimum atomic E-state index is -0.203. The van der Waals surface area contributed by atoms with Crippen molar-refractivity contribution in [1.82, 2.24) is 14.9 Å². The average molecular weight is 258 g/mol. The Labute approximate surface area is 106 Å². The molecule has 0 unspecified atom stereocenters. The number of carbonyl (C=O) groups excluding carboxylic acids is 1. The molecular weight excluding hydrogens is 242 g/mol. The predicted octanol–water partition coefficient (Wildman–Crippen LogP) is 1.51. The molecule has 1 aromatic heterocycles. The van der Waals surface area contributed by atoms with Crippen molar-refractivity contribution in [3.8, 4) is 0 Å². The Morgan fingerprint density at radius 3 is 2.76 bits per heavy atom. The maximum absolute atomic E-state index is 11.0. The van der Waals surface area contributed by atoms with Gasteiger partial charge >= 0.3 is 5.97 Å². The lowest BCUT2D eigenvalue weighted by atomic mass is 10.3. The molecule has 17 heavy (non-hydrogen) atoms. The zero-order chi connectivity index (χ0) is 12.7. The number of esters is 1. The molecule has 0 bridgehead atoms. The Bertz CT molecular complexity index is 356. The molecule has 0 fully saturated rings. The number of carbonyl (C=O) groups is 1. The normalized spacial score (nSPS) is 10.6. The summed E-state index contributed by atoms with van der Waals surface area (Å²) >= 11 is 5.66. The maximum Gasteiger partial charge on any atom is 0.306 e. The van der Waals surface area contributed by atoms with Crippen molar-refractivity contribution in [2.45, 2.75) is 19.9 Å². The Hall–Kier alpha value is -1.20. The van der Waals surface area contributed by atoms with Crippen molar-refractivity contribution in [2.24, 2.45) is 0 Å². The highest BCUT2D eigenvalue weighted by Gasteiger charge is 2.08. The van der Waals surface area contributed by atoms with Gasteiger partial charge in [-0.3, -0.25) is 14.7 Å². The molecule has 0 amide bonds. The molecule has 0 aliphatic carbocycles. The van der Waals surface area contributed by atoms with E-state index in [1.165, 1.54) is 13.3 Å². The summed E-state index contributed by atoms with van der Waals surface area (Å²) in [6, 6.07) is 0. The molecule has 0 radical (unpaired) electrons. The van der Waals surface area contributed by atoms with Crippen molar-refractivity contribution >= 4 is 17.6 Å². The van der Waals surface area contributed by atoms with Gasteiger partial charge in [-0.2, -0.15) is 0 Å². The first kappa shape index (κ1) is 13.9. The lowest BCUT2D eigenvalue weighted by Gasteiger charge is -2.18. The van der Waals surface area contributed by atoms with Crippen LogP contribution in [0.3, 0.4) is 0 Å². The summed E-state index contributed by atoms with van der Waals surface area (Å²) in [6.07, 6.45) is 3.54. The summed E-state index contributed by atoms with van der Waals surface area (Å²) in [4.78, 5) is 21.3. The molecule has 5 nitrogen and oxygen atoms in total. The minimum Gasteiger partial charge on any atom is -0.469 e. The fourth-order valence-electron chi connectivity index (χ4n) is 1.35. The second-order valence-corrected chi connectivity index (χ2v) is 3.91. The van der Waals surface area contributed by atoms with Crippen molar-refractivity contribution in [3.05, 3.63) is 23.2 Å². The number of methoxy groups -OCH3 is 1. The third kappa shape index (κ3) is 5.10. The quantitative estimate of drug-likeness (QED) is 0.723. The summed E-state index contributed by atoms with van der Waals surface area (Å²) in [5.41, 5.74) is 0.834. The molecule has 0 spiro atoms. The van der Waals surface area contributed by atoms with Gasteiger partial charge in [0.15, 0.2) is 0 Å². The summed E-state index contributed by atoms with van der Waals surface area (Å²) in [7, 11) is 1.39. The maximum atomic E-state index is 11.0. The van der Waals surface area contributed by atoms with E-state index in [0.29, 0.717) is 24.7 Å². The molecule has 0 atom stereocenters. The molecule has 0 saturated carbocycles. The van der Waals surface area contributed by atoms with Crippen LogP contribution in [-0.2, 0) is 16.1 Å². The first-order valence-corrected chi connectivity index (χ1v) is 5.79. The third-order valence-electron chi connectivity index (χ3n) is 2.37. The van der Waals surface area contributed by atoms with E-state index >= 15 is 0 Å². The van der Waals surface area contributed by atoms with E-state index < -0.39 is 0 Å². The first-order valence-electron chi connectivity index (χ1n) is 5.41. The molecule has 0 aromatic carbocycles. The van der Waals surface area contributed by atoms with Crippen molar-refractivity contribution < 1.29 is 9.53 Å². The summed E-state index contributed by atoms with van der Waals surface area (Å²) in [5, 5.41) is 0.381. The van der Waals surface area contributed by atoms with E-state index in [4.69, 9.17) is 11.6 Å². The molecule has 94 valence electrons. The van der Waals surface area contributed by atoms with Gasteiger partial charge in [0.2, 0.25) is 0 Å². The van der Waals surface area contributed by atoms with Gasteiger partial charge in [0.05, 0.1) is 31.6 Å². The zero-order valence-electron chi connectivity index (χ0n) is 10.0. The molecule has 0 aliphatic heterocycles. The molecule has 1 heterocycles. The van der Waals surface area contributed by atoms with E-state index in [0.717, 1.165) is 12.2 Å². The van der Waals surface area contributed by atoms with E-state index in [1.807, 2.05) is 6.92 Å². The van der Waals surface area contributed by atoms with Gasteiger partial charge in [0, 0.05) is 13.1 Å². The summed E-state index contributed by atoms with van der Waals surface area (Å²) < 4.78 is 4.60. The topological polar surface area (TPSA) is 55.3 Å². The number of ether oxygens (including phenoxy) is 1. The smallest absolute Gasteiger partial charge is 0.306 e. The van der Waals surface area contributed by atoms with Crippen LogP contribution >= 0.6 is 11.6 Å². The Balaban J connectivity index is 2.46. The SMILES string of the molecule is CCN(CCC(=O)OC)Cc1cnc(Cl)cn1. The fourth-order valence-corrected chi connectivity index (χ4v) is 1.45. The van der Waals surface area contributed by atoms with Crippen LogP contribution in [0.4, 0.5) is 0 Å². The van der Waals surface area contributed by atoms with Crippen LogP contribution in [-0.4, -0.2) is 41.0 Å². The molecular formula is C11H16ClN3O2. The van der Waals surface area contributed by atoms with Crippen molar-refractivity contribution in [2.75, 3.05) is 20.2 Å². The van der Waals surface area contributed by atoms with Gasteiger partial charge in [0.25, 0.3) is 0 Å². The number of nitrogens with zero attached hydrogens (tertiary/aromatic N) is 3. The van der Waals surface area contributed by atoms with Gasteiger partial charge in [-0.25, -0.2) is 4.98 Å². The van der Waals surface area contributed by atoms with Crippen LogP contribution in [0.1, 0.15) is 19.0 Å². The number of hydrogen-bond acceptors (Lipinski definition) is 5. The molecule has 6 heteroatoms. The fraction of sp³-hybridized carbons (Fsp3) is 0.545. The number of halogens is 1. The molecule has 0 saturated heterocycles. The number of aromatic nitrogens is 2. The van der Waals surface area contributed by atoms with Crippen molar-refractivity contribution in [1.29, 1.82) is 0 Å². The molecule has 0 aliphatic rings. The second kappa shape index (κ2) is 7.19. The van der Waals surface area contributed by atoms with Crippen LogP contribution in [0.25, 0.3) is 0 Å². The number of hydrogen-bond donors (Lipinski definition) is 0. The number of rotatable bonds is 6. The Morgan fingerprint density at radius 2 is 2.24 bits per heavy atom. The highest BCUT2D eigenvalue weighted by molar-refractivity contribution is 6.29. The van der Waals surface area contributed by atoms with Gasteiger partial charge in [0.1, 0.15) is 5.15 Å². The van der Waals surface area contributed by atoms with Crippen LogP contribution in [0.15, 0.2) is 12.4 Å². The van der Waals surface area contributed by atoms with Gasteiger partial charge in [-0.15, -0.1) is 0 Å². The van der Waals surface area contributed by atoms with Crippen molar-refractivity contribution in [3.63, 3.8) is 0 Å². The average Bonchev–Trinajstić information content (AvgIpc) is 2.36. The first-order chi connectivity index (χ1) is 8.15. The van der Waals surface area contributed by atoms with Gasteiger partial charge in [-0.05, 0) is 6.54 Å². The molecule has 1 aromatic rings. The summed E-state index contributed by atoms with van der Waals surface area (Å²) in [6.45, 7) is 4.16. The zero-order valence-corrected chi connectivity index (χ0v) is 10.8. The van der Waals surface area contributed by atoms with Crippen LogP contribution in [0.5, 0.6) is 0 Å². The predicted molar refractivity (Wildman–Crippen MR) is 64.6 cm³/mol. The lowest BCUT2D eigenvalue weighted by molar-refractivity contribution is -0.141. The highest BCUT2D eigenvalue weighted by Crippen LogP contribution is 2.05. The third-order valence-corrected chi connectivity index (χ3v) is 2.56. The van der Waals surface area contributed by atoms with Crippen LogP contribution in [0.2, 0.25) is 5.15 Å². The van der Waals surface area contributed by atoms with E-state index in [1.54, 1.807) is 6.20 Å². The van der Waals surface area contributed by atoms with Gasteiger partial charge < -0.3 is 4.74 Å². The minimum absolute atomic E-state index is 0.203. The summed E-state index contributed by atoms with van der Waals surface area (Å²) in [5.74, 6) is -0.203. The Kier molecular flexibility index (Phi) is 5.86. The van der Waals surface area contributed by atoms with Crippen LogP contribution < -0.4 is 0 Å². The molecule has 0 N–H and O–H groups in total. The highest BCUT2D eigenvalue weighted by atomic mass is 35.5. The Morgan fingerprint density at radius 1 is 1.47 bits per heavy atom. The van der Waals surface area contributed by atoms with E-state index in [2.05, 4.69) is 19.6 Å². The van der Waals surface area contributed by atoms with E-state index in [-0.39, 0.29) is 5.97 Å². The largest absolute Gasteiger partial charge is 0.469 e. The second-order valence-electron chi connectivity index (χ2n) is 3.53. The monoisotopic (exact) mass is 257 g/mol. The lowest BCUT2D eigenvalue weighted by Crippen LogP contribution is -2.26. The van der Waals surface area contributed by atoms with Gasteiger partial charge in [-0.1, -0.05) is 18.5 Å². The molecule has 1 rings (SSSR count). The van der Waals surface area contributed by atoms with E-state index in [9.17, 15) is 4.79 Å². The standard InChI is InChI=1S/C11H16ClN3O2/c1-3-15(5-4-11(16)17-2)8-9-6-14-10(12)7-13-9/h6-7H,3-5,8H2,1-2H3.